The van der Waals surface area contributed by atoms with Gasteiger partial charge in [-0.3, -0.25) is 9.48 Å². The molecule has 132 valence electrons. The molecule has 0 spiro atoms. The van der Waals surface area contributed by atoms with Gasteiger partial charge in [0.25, 0.3) is 5.91 Å². The van der Waals surface area contributed by atoms with Crippen molar-refractivity contribution >= 4 is 12.1 Å². The highest BCUT2D eigenvalue weighted by Crippen LogP contribution is 2.13. The van der Waals surface area contributed by atoms with Gasteiger partial charge in [0.1, 0.15) is 0 Å². The minimum Gasteiger partial charge on any atom is -0.267 e. The smallest absolute Gasteiger partial charge is 0.267 e. The number of nitrogens with one attached hydrogen (secondary N) is 1. The zero-order valence-electron chi connectivity index (χ0n) is 15.2. The molecule has 0 bridgehead atoms. The van der Waals surface area contributed by atoms with Crippen molar-refractivity contribution in [1.29, 1.82) is 0 Å². The van der Waals surface area contributed by atoms with E-state index in [1.54, 1.807) is 18.3 Å². The molecule has 0 aliphatic heterocycles. The van der Waals surface area contributed by atoms with E-state index in [1.807, 2.05) is 36.7 Å². The van der Waals surface area contributed by atoms with E-state index in [-0.39, 0.29) is 5.91 Å². The van der Waals surface area contributed by atoms with E-state index in [2.05, 4.69) is 46.8 Å². The summed E-state index contributed by atoms with van der Waals surface area (Å²) in [4.78, 5) is 12.0. The van der Waals surface area contributed by atoms with Gasteiger partial charge in [0.05, 0.1) is 18.5 Å². The van der Waals surface area contributed by atoms with Crippen LogP contribution >= 0.6 is 0 Å². The molecular weight excluding hydrogens is 324 g/mol. The number of carbonyl (C=O) groups excluding carboxylic acids is 1. The minimum absolute atomic E-state index is 0.232. The third-order valence-electron chi connectivity index (χ3n) is 4.29. The van der Waals surface area contributed by atoms with Crippen LogP contribution in [0.4, 0.5) is 0 Å². The number of rotatable bonds is 5. The zero-order valence-corrected chi connectivity index (χ0v) is 15.2. The molecule has 0 aliphatic rings. The number of carbonyl (C=O) groups is 1. The van der Waals surface area contributed by atoms with Gasteiger partial charge in [-0.15, -0.1) is 0 Å². The van der Waals surface area contributed by atoms with Gasteiger partial charge < -0.3 is 0 Å². The molecule has 0 radical (unpaired) electrons. The third kappa shape index (κ3) is 4.06. The second-order valence-electron chi connectivity index (χ2n) is 6.29. The number of aryl methyl sites for hydroxylation is 2. The van der Waals surface area contributed by atoms with Gasteiger partial charge in [-0.1, -0.05) is 48.0 Å². The standard InChI is InChI=1S/C21H22N4O/c1-15-9-11-18(12-10-15)14-25-17(3)20(16(2)24-25)13-22-23-21(26)19-7-5-4-6-8-19/h4-13H,14H2,1-3H3,(H,23,26)/b22-13-. The van der Waals surface area contributed by atoms with Crippen molar-refractivity contribution in [1.82, 2.24) is 15.2 Å². The molecule has 0 saturated carbocycles. The topological polar surface area (TPSA) is 59.3 Å². The molecular formula is C21H22N4O. The summed E-state index contributed by atoms with van der Waals surface area (Å²) in [5.41, 5.74) is 8.39. The van der Waals surface area contributed by atoms with Crippen LogP contribution in [0.3, 0.4) is 0 Å². The fourth-order valence-electron chi connectivity index (χ4n) is 2.73. The Labute approximate surface area is 153 Å². The lowest BCUT2D eigenvalue weighted by Gasteiger charge is -2.05. The number of hydrogen-bond donors (Lipinski definition) is 1. The van der Waals surface area contributed by atoms with Crippen molar-refractivity contribution < 1.29 is 4.79 Å². The van der Waals surface area contributed by atoms with Crippen molar-refractivity contribution in [2.45, 2.75) is 27.3 Å². The first-order chi connectivity index (χ1) is 12.5. The van der Waals surface area contributed by atoms with Gasteiger partial charge in [-0.25, -0.2) is 5.43 Å². The molecule has 0 unspecified atom stereocenters. The first kappa shape index (κ1) is 17.6. The van der Waals surface area contributed by atoms with E-state index >= 15 is 0 Å². The molecule has 3 rings (SSSR count). The minimum atomic E-state index is -0.232. The Balaban J connectivity index is 1.71. The monoisotopic (exact) mass is 346 g/mol. The summed E-state index contributed by atoms with van der Waals surface area (Å²) >= 11 is 0. The van der Waals surface area contributed by atoms with E-state index in [0.717, 1.165) is 17.0 Å². The van der Waals surface area contributed by atoms with Gasteiger partial charge >= 0.3 is 0 Å². The Morgan fingerprint density at radius 1 is 1.08 bits per heavy atom. The first-order valence-electron chi connectivity index (χ1n) is 8.52. The Kier molecular flexibility index (Phi) is 5.27. The molecule has 5 heteroatoms. The van der Waals surface area contributed by atoms with Crippen molar-refractivity contribution in [2.75, 3.05) is 0 Å². The van der Waals surface area contributed by atoms with E-state index in [4.69, 9.17) is 0 Å². The van der Waals surface area contributed by atoms with Crippen LogP contribution in [-0.4, -0.2) is 21.9 Å². The zero-order chi connectivity index (χ0) is 18.5. The van der Waals surface area contributed by atoms with Crippen LogP contribution in [0.25, 0.3) is 0 Å². The first-order valence-corrected chi connectivity index (χ1v) is 8.52. The average Bonchev–Trinajstić information content (AvgIpc) is 2.91. The lowest BCUT2D eigenvalue weighted by atomic mass is 10.1. The quantitative estimate of drug-likeness (QED) is 0.566. The SMILES string of the molecule is Cc1ccc(Cn2nc(C)c(/C=N\NC(=O)c3ccccc3)c2C)cc1. The molecule has 0 aliphatic carbocycles. The summed E-state index contributed by atoms with van der Waals surface area (Å²) in [5.74, 6) is -0.232. The largest absolute Gasteiger partial charge is 0.271 e. The summed E-state index contributed by atoms with van der Waals surface area (Å²) in [5, 5.41) is 8.69. The van der Waals surface area contributed by atoms with Crippen molar-refractivity contribution in [2.24, 2.45) is 5.10 Å². The third-order valence-corrected chi connectivity index (χ3v) is 4.29. The highest BCUT2D eigenvalue weighted by molar-refractivity contribution is 5.95. The Morgan fingerprint density at radius 3 is 2.46 bits per heavy atom. The van der Waals surface area contributed by atoms with Crippen LogP contribution in [0.15, 0.2) is 59.7 Å². The molecule has 3 aromatic rings. The van der Waals surface area contributed by atoms with E-state index in [1.165, 1.54) is 11.1 Å². The van der Waals surface area contributed by atoms with Gasteiger partial charge in [-0.2, -0.15) is 10.2 Å². The van der Waals surface area contributed by atoms with E-state index in [9.17, 15) is 4.79 Å². The summed E-state index contributed by atoms with van der Waals surface area (Å²) in [7, 11) is 0. The predicted molar refractivity (Wildman–Crippen MR) is 103 cm³/mol. The fraction of sp³-hybridized carbons (Fsp3) is 0.190. The maximum atomic E-state index is 12.0. The normalized spacial score (nSPS) is 11.0. The van der Waals surface area contributed by atoms with Crippen LogP contribution in [0.5, 0.6) is 0 Å². The maximum Gasteiger partial charge on any atom is 0.271 e. The molecule has 1 aromatic heterocycles. The molecule has 0 saturated heterocycles. The molecule has 0 fully saturated rings. The van der Waals surface area contributed by atoms with Gasteiger partial charge in [0.2, 0.25) is 0 Å². The second-order valence-corrected chi connectivity index (χ2v) is 6.29. The number of benzene rings is 2. The predicted octanol–water partition coefficient (Wildman–Crippen LogP) is 3.62. The summed E-state index contributed by atoms with van der Waals surface area (Å²) in [6.45, 7) is 6.73. The average molecular weight is 346 g/mol. The van der Waals surface area contributed by atoms with Crippen LogP contribution < -0.4 is 5.43 Å². The van der Waals surface area contributed by atoms with Crippen molar-refractivity contribution in [3.8, 4) is 0 Å². The Morgan fingerprint density at radius 2 is 1.77 bits per heavy atom. The van der Waals surface area contributed by atoms with Gasteiger partial charge in [0.15, 0.2) is 0 Å². The van der Waals surface area contributed by atoms with E-state index < -0.39 is 0 Å². The molecule has 2 aromatic carbocycles. The molecule has 26 heavy (non-hydrogen) atoms. The van der Waals surface area contributed by atoms with Gasteiger partial charge in [0, 0.05) is 16.8 Å². The molecule has 1 N–H and O–H groups in total. The number of nitrogens with zero attached hydrogens (tertiary/aromatic N) is 3. The lowest BCUT2D eigenvalue weighted by Crippen LogP contribution is -2.17. The highest BCUT2D eigenvalue weighted by atomic mass is 16.2. The van der Waals surface area contributed by atoms with Crippen LogP contribution in [0.1, 0.15) is 38.4 Å². The van der Waals surface area contributed by atoms with Gasteiger partial charge in [-0.05, 0) is 38.5 Å². The maximum absolute atomic E-state index is 12.0. The van der Waals surface area contributed by atoms with Crippen LogP contribution in [-0.2, 0) is 6.54 Å². The van der Waals surface area contributed by atoms with Crippen LogP contribution in [0.2, 0.25) is 0 Å². The number of aromatic nitrogens is 2. The molecule has 1 heterocycles. The fourth-order valence-corrected chi connectivity index (χ4v) is 2.73. The highest BCUT2D eigenvalue weighted by Gasteiger charge is 2.10. The Bertz CT molecular complexity index is 925. The van der Waals surface area contributed by atoms with Crippen molar-refractivity contribution in [3.05, 3.63) is 88.2 Å². The number of hydrogen-bond acceptors (Lipinski definition) is 3. The number of amides is 1. The summed E-state index contributed by atoms with van der Waals surface area (Å²) in [6.07, 6.45) is 1.66. The molecule has 5 nitrogen and oxygen atoms in total. The summed E-state index contributed by atoms with van der Waals surface area (Å²) < 4.78 is 1.96. The van der Waals surface area contributed by atoms with Crippen molar-refractivity contribution in [3.63, 3.8) is 0 Å². The lowest BCUT2D eigenvalue weighted by molar-refractivity contribution is 0.0955. The Hall–Kier alpha value is -3.21. The number of hydrazone groups is 1. The molecule has 1 amide bonds. The summed E-state index contributed by atoms with van der Waals surface area (Å²) in [6, 6.07) is 17.4. The van der Waals surface area contributed by atoms with Crippen LogP contribution in [0, 0.1) is 20.8 Å². The molecule has 0 atom stereocenters. The second kappa shape index (κ2) is 7.78. The van der Waals surface area contributed by atoms with E-state index in [0.29, 0.717) is 12.1 Å².